The van der Waals surface area contributed by atoms with Gasteiger partial charge in [0, 0.05) is 12.1 Å². The average molecular weight is 369 g/mol. The Morgan fingerprint density at radius 2 is 1.59 bits per heavy atom. The van der Waals surface area contributed by atoms with Crippen LogP contribution in [-0.4, -0.2) is 36.5 Å². The molecule has 0 fully saturated rings. The highest BCUT2D eigenvalue weighted by Gasteiger charge is 2.23. The monoisotopic (exact) mass is 369 g/mol. The number of benzene rings is 2. The standard InChI is InChI=1S/C22H27NO4/c1-16(2)27-20-12-10-19(11-13-20)22(25)23(15-14-21(24)26-4)17(3)18-8-6-5-7-9-18/h5-13,16-17H,14-15H2,1-4H3. The third-order valence-electron chi connectivity index (χ3n) is 4.27. The summed E-state index contributed by atoms with van der Waals surface area (Å²) < 4.78 is 10.4. The van der Waals surface area contributed by atoms with E-state index in [0.717, 1.165) is 11.3 Å². The molecule has 0 saturated heterocycles. The lowest BCUT2D eigenvalue weighted by Gasteiger charge is -2.29. The minimum atomic E-state index is -0.339. The Morgan fingerprint density at radius 1 is 0.963 bits per heavy atom. The fraction of sp³-hybridized carbons (Fsp3) is 0.364. The molecule has 0 aromatic heterocycles. The lowest BCUT2D eigenvalue weighted by Crippen LogP contribution is -2.35. The maximum atomic E-state index is 13.1. The van der Waals surface area contributed by atoms with Gasteiger partial charge >= 0.3 is 5.97 Å². The predicted molar refractivity (Wildman–Crippen MR) is 105 cm³/mol. The third-order valence-corrected chi connectivity index (χ3v) is 4.27. The van der Waals surface area contributed by atoms with E-state index < -0.39 is 0 Å². The molecule has 2 aromatic rings. The molecule has 0 bridgehead atoms. The number of methoxy groups -OCH3 is 1. The largest absolute Gasteiger partial charge is 0.491 e. The summed E-state index contributed by atoms with van der Waals surface area (Å²) in [4.78, 5) is 26.4. The number of esters is 1. The Labute approximate surface area is 160 Å². The molecular formula is C22H27NO4. The van der Waals surface area contributed by atoms with Crippen molar-refractivity contribution < 1.29 is 19.1 Å². The summed E-state index contributed by atoms with van der Waals surface area (Å²) in [6, 6.07) is 16.7. The normalized spacial score (nSPS) is 11.7. The predicted octanol–water partition coefficient (Wildman–Crippen LogP) is 4.24. The van der Waals surface area contributed by atoms with Crippen molar-refractivity contribution in [1.29, 1.82) is 0 Å². The van der Waals surface area contributed by atoms with Crippen molar-refractivity contribution in [1.82, 2.24) is 4.90 Å². The Bertz CT molecular complexity index is 741. The van der Waals surface area contributed by atoms with Crippen LogP contribution in [0, 0.1) is 0 Å². The third kappa shape index (κ3) is 5.84. The van der Waals surface area contributed by atoms with Crippen LogP contribution in [0.15, 0.2) is 54.6 Å². The van der Waals surface area contributed by atoms with E-state index in [9.17, 15) is 9.59 Å². The minimum Gasteiger partial charge on any atom is -0.491 e. The van der Waals surface area contributed by atoms with E-state index in [0.29, 0.717) is 5.56 Å². The summed E-state index contributed by atoms with van der Waals surface area (Å²) in [6.45, 7) is 6.15. The molecule has 0 heterocycles. The fourth-order valence-corrected chi connectivity index (χ4v) is 2.81. The lowest BCUT2D eigenvalue weighted by molar-refractivity contribution is -0.140. The molecule has 0 spiro atoms. The highest BCUT2D eigenvalue weighted by molar-refractivity contribution is 5.94. The van der Waals surface area contributed by atoms with E-state index in [1.165, 1.54) is 7.11 Å². The van der Waals surface area contributed by atoms with Crippen LogP contribution in [0.25, 0.3) is 0 Å². The molecule has 0 aliphatic rings. The van der Waals surface area contributed by atoms with Crippen LogP contribution < -0.4 is 4.74 Å². The maximum Gasteiger partial charge on any atom is 0.307 e. The zero-order valence-electron chi connectivity index (χ0n) is 16.3. The van der Waals surface area contributed by atoms with Crippen LogP contribution in [-0.2, 0) is 9.53 Å². The first-order valence-electron chi connectivity index (χ1n) is 9.11. The number of carbonyl (C=O) groups is 2. The molecule has 0 radical (unpaired) electrons. The van der Waals surface area contributed by atoms with Crippen molar-refractivity contribution in [3.63, 3.8) is 0 Å². The van der Waals surface area contributed by atoms with Gasteiger partial charge in [-0.25, -0.2) is 0 Å². The SMILES string of the molecule is COC(=O)CCN(C(=O)c1ccc(OC(C)C)cc1)C(C)c1ccccc1. The Hall–Kier alpha value is -2.82. The summed E-state index contributed by atoms with van der Waals surface area (Å²) in [5, 5.41) is 0. The number of hydrogen-bond donors (Lipinski definition) is 0. The van der Waals surface area contributed by atoms with Crippen molar-refractivity contribution in [2.75, 3.05) is 13.7 Å². The Morgan fingerprint density at radius 3 is 2.15 bits per heavy atom. The molecule has 0 aliphatic carbocycles. The van der Waals surface area contributed by atoms with Crippen molar-refractivity contribution in [3.8, 4) is 5.75 Å². The van der Waals surface area contributed by atoms with Gasteiger partial charge < -0.3 is 14.4 Å². The Balaban J connectivity index is 2.23. The molecule has 27 heavy (non-hydrogen) atoms. The minimum absolute atomic E-state index is 0.0706. The molecule has 2 rings (SSSR count). The number of hydrogen-bond acceptors (Lipinski definition) is 4. The molecule has 1 amide bonds. The average Bonchev–Trinajstić information content (AvgIpc) is 2.68. The first-order valence-corrected chi connectivity index (χ1v) is 9.11. The van der Waals surface area contributed by atoms with Crippen LogP contribution >= 0.6 is 0 Å². The molecular weight excluding hydrogens is 342 g/mol. The van der Waals surface area contributed by atoms with E-state index in [-0.39, 0.29) is 37.0 Å². The van der Waals surface area contributed by atoms with Crippen LogP contribution in [0.5, 0.6) is 5.75 Å². The van der Waals surface area contributed by atoms with Gasteiger partial charge in [-0.2, -0.15) is 0 Å². The van der Waals surface area contributed by atoms with Gasteiger partial charge in [-0.15, -0.1) is 0 Å². The highest BCUT2D eigenvalue weighted by Crippen LogP contribution is 2.24. The first kappa shape index (κ1) is 20.5. The van der Waals surface area contributed by atoms with E-state index in [1.807, 2.05) is 51.1 Å². The number of rotatable bonds is 8. The topological polar surface area (TPSA) is 55.8 Å². The first-order chi connectivity index (χ1) is 12.9. The second-order valence-corrected chi connectivity index (χ2v) is 6.60. The smallest absolute Gasteiger partial charge is 0.307 e. The number of ether oxygens (including phenoxy) is 2. The van der Waals surface area contributed by atoms with Crippen LogP contribution in [0.4, 0.5) is 0 Å². The second-order valence-electron chi connectivity index (χ2n) is 6.60. The fourth-order valence-electron chi connectivity index (χ4n) is 2.81. The maximum absolute atomic E-state index is 13.1. The molecule has 5 heteroatoms. The summed E-state index contributed by atoms with van der Waals surface area (Å²) >= 11 is 0. The molecule has 0 aliphatic heterocycles. The molecule has 0 N–H and O–H groups in total. The van der Waals surface area contributed by atoms with Gasteiger partial charge in [0.25, 0.3) is 5.91 Å². The van der Waals surface area contributed by atoms with Gasteiger partial charge in [-0.3, -0.25) is 9.59 Å². The number of carbonyl (C=O) groups excluding carboxylic acids is 2. The summed E-state index contributed by atoms with van der Waals surface area (Å²) in [7, 11) is 1.35. The molecule has 144 valence electrons. The number of amides is 1. The van der Waals surface area contributed by atoms with Crippen molar-refractivity contribution in [2.45, 2.75) is 39.3 Å². The molecule has 5 nitrogen and oxygen atoms in total. The van der Waals surface area contributed by atoms with Gasteiger partial charge in [-0.1, -0.05) is 30.3 Å². The van der Waals surface area contributed by atoms with Crippen molar-refractivity contribution in [2.24, 2.45) is 0 Å². The molecule has 2 aromatic carbocycles. The van der Waals surface area contributed by atoms with Crippen LogP contribution in [0.2, 0.25) is 0 Å². The zero-order chi connectivity index (χ0) is 19.8. The van der Waals surface area contributed by atoms with Gasteiger partial charge in [0.2, 0.25) is 0 Å². The molecule has 1 atom stereocenters. The summed E-state index contributed by atoms with van der Waals surface area (Å²) in [5.41, 5.74) is 1.56. The van der Waals surface area contributed by atoms with E-state index >= 15 is 0 Å². The highest BCUT2D eigenvalue weighted by atomic mass is 16.5. The van der Waals surface area contributed by atoms with E-state index in [2.05, 4.69) is 0 Å². The van der Waals surface area contributed by atoms with Gasteiger partial charge in [0.15, 0.2) is 0 Å². The van der Waals surface area contributed by atoms with Crippen LogP contribution in [0.1, 0.15) is 49.2 Å². The Kier molecular flexibility index (Phi) is 7.41. The quantitative estimate of drug-likeness (QED) is 0.653. The lowest BCUT2D eigenvalue weighted by atomic mass is 10.0. The summed E-state index contributed by atoms with van der Waals surface area (Å²) in [6.07, 6.45) is 0.217. The van der Waals surface area contributed by atoms with Gasteiger partial charge in [-0.05, 0) is 50.6 Å². The van der Waals surface area contributed by atoms with Crippen molar-refractivity contribution in [3.05, 3.63) is 65.7 Å². The van der Waals surface area contributed by atoms with Crippen LogP contribution in [0.3, 0.4) is 0 Å². The van der Waals surface area contributed by atoms with Crippen molar-refractivity contribution >= 4 is 11.9 Å². The van der Waals surface area contributed by atoms with Gasteiger partial charge in [0.1, 0.15) is 5.75 Å². The molecule has 0 saturated carbocycles. The molecule has 1 unspecified atom stereocenters. The second kappa shape index (κ2) is 9.76. The zero-order valence-corrected chi connectivity index (χ0v) is 16.3. The van der Waals surface area contributed by atoms with Gasteiger partial charge in [0.05, 0.1) is 25.7 Å². The summed E-state index contributed by atoms with van der Waals surface area (Å²) in [5.74, 6) is 0.249. The van der Waals surface area contributed by atoms with E-state index in [4.69, 9.17) is 9.47 Å². The van der Waals surface area contributed by atoms with E-state index in [1.54, 1.807) is 29.2 Å². The number of nitrogens with zero attached hydrogens (tertiary/aromatic N) is 1.